The van der Waals surface area contributed by atoms with Crippen LogP contribution in [0.4, 0.5) is 17.1 Å². The number of nitrogens with zero attached hydrogens (tertiary/aromatic N) is 2. The van der Waals surface area contributed by atoms with Crippen molar-refractivity contribution in [3.63, 3.8) is 0 Å². The Morgan fingerprint density at radius 1 is 1.03 bits per heavy atom. The number of hydrogen-bond acceptors (Lipinski definition) is 8. The standard InChI is InChI=1S/C23H23ClN4O6S/c1-4-19(15-5-12-22(33-2)23(13-15)34-3)25-26-20-11-10-18(14-21(20)28(29)30)35(31,32)27-17-8-6-16(24)7-9-17/h5-14,26-27H,4H2,1-3H3/b25-19+. The van der Waals surface area contributed by atoms with Crippen molar-refractivity contribution < 1.29 is 22.8 Å². The Morgan fingerprint density at radius 3 is 2.31 bits per heavy atom. The van der Waals surface area contributed by atoms with E-state index >= 15 is 0 Å². The van der Waals surface area contributed by atoms with E-state index < -0.39 is 20.6 Å². The van der Waals surface area contributed by atoms with Gasteiger partial charge in [0, 0.05) is 22.3 Å². The van der Waals surface area contributed by atoms with Gasteiger partial charge in [0.15, 0.2) is 11.5 Å². The Hall–Kier alpha value is -3.83. The van der Waals surface area contributed by atoms with E-state index in [9.17, 15) is 18.5 Å². The van der Waals surface area contributed by atoms with Crippen molar-refractivity contribution in [2.24, 2.45) is 5.10 Å². The van der Waals surface area contributed by atoms with E-state index in [4.69, 9.17) is 21.1 Å². The van der Waals surface area contributed by atoms with E-state index in [0.717, 1.165) is 11.6 Å². The van der Waals surface area contributed by atoms with Crippen LogP contribution in [0.2, 0.25) is 5.02 Å². The summed E-state index contributed by atoms with van der Waals surface area (Å²) in [4.78, 5) is 10.7. The van der Waals surface area contributed by atoms with Gasteiger partial charge in [-0.1, -0.05) is 18.5 Å². The summed E-state index contributed by atoms with van der Waals surface area (Å²) in [6.45, 7) is 1.88. The lowest BCUT2D eigenvalue weighted by atomic mass is 10.1. The number of benzene rings is 3. The number of sulfonamides is 1. The molecule has 0 heterocycles. The number of anilines is 2. The van der Waals surface area contributed by atoms with Crippen molar-refractivity contribution in [1.82, 2.24) is 0 Å². The molecule has 0 amide bonds. The number of methoxy groups -OCH3 is 2. The summed E-state index contributed by atoms with van der Waals surface area (Å²) in [7, 11) is -1.03. The van der Waals surface area contributed by atoms with Gasteiger partial charge in [0.05, 0.1) is 29.8 Å². The Balaban J connectivity index is 1.90. The third-order valence-electron chi connectivity index (χ3n) is 4.94. The summed E-state index contributed by atoms with van der Waals surface area (Å²) in [6, 6.07) is 14.8. The highest BCUT2D eigenvalue weighted by Crippen LogP contribution is 2.30. The average Bonchev–Trinajstić information content (AvgIpc) is 2.85. The van der Waals surface area contributed by atoms with Crippen LogP contribution >= 0.6 is 11.6 Å². The molecule has 3 rings (SSSR count). The van der Waals surface area contributed by atoms with Crippen LogP contribution in [-0.4, -0.2) is 33.3 Å². The van der Waals surface area contributed by atoms with Gasteiger partial charge in [0.1, 0.15) is 5.69 Å². The third kappa shape index (κ3) is 6.19. The van der Waals surface area contributed by atoms with Crippen LogP contribution in [0.3, 0.4) is 0 Å². The van der Waals surface area contributed by atoms with E-state index in [1.807, 2.05) is 6.92 Å². The minimum Gasteiger partial charge on any atom is -0.493 e. The second-order valence-corrected chi connectivity index (χ2v) is 9.26. The molecule has 0 saturated heterocycles. The molecule has 184 valence electrons. The predicted molar refractivity (Wildman–Crippen MR) is 135 cm³/mol. The summed E-state index contributed by atoms with van der Waals surface area (Å²) in [5, 5.41) is 16.4. The Morgan fingerprint density at radius 2 is 1.71 bits per heavy atom. The summed E-state index contributed by atoms with van der Waals surface area (Å²) in [6.07, 6.45) is 0.508. The molecular weight excluding hydrogens is 496 g/mol. The molecule has 0 aliphatic heterocycles. The predicted octanol–water partition coefficient (Wildman–Crippen LogP) is 5.29. The van der Waals surface area contributed by atoms with Crippen molar-refractivity contribution >= 4 is 44.4 Å². The van der Waals surface area contributed by atoms with Crippen molar-refractivity contribution in [3.8, 4) is 11.5 Å². The van der Waals surface area contributed by atoms with E-state index in [0.29, 0.717) is 28.7 Å². The topological polar surface area (TPSA) is 132 Å². The fraction of sp³-hybridized carbons (Fsp3) is 0.174. The van der Waals surface area contributed by atoms with Crippen molar-refractivity contribution in [3.05, 3.63) is 81.4 Å². The highest BCUT2D eigenvalue weighted by Gasteiger charge is 2.22. The van der Waals surface area contributed by atoms with Gasteiger partial charge in [0.2, 0.25) is 0 Å². The molecular formula is C23H23ClN4O6S. The molecule has 0 radical (unpaired) electrons. The number of ether oxygens (including phenoxy) is 2. The second-order valence-electron chi connectivity index (χ2n) is 7.14. The zero-order valence-corrected chi connectivity index (χ0v) is 20.7. The number of rotatable bonds is 10. The van der Waals surface area contributed by atoms with Gasteiger partial charge in [-0.3, -0.25) is 20.3 Å². The lowest BCUT2D eigenvalue weighted by Crippen LogP contribution is -2.13. The smallest absolute Gasteiger partial charge is 0.295 e. The molecule has 0 saturated carbocycles. The zero-order chi connectivity index (χ0) is 25.6. The molecule has 0 aromatic heterocycles. The molecule has 0 bridgehead atoms. The largest absolute Gasteiger partial charge is 0.493 e. The number of nitro groups is 1. The summed E-state index contributed by atoms with van der Waals surface area (Å²) in [5.74, 6) is 1.07. The fourth-order valence-corrected chi connectivity index (χ4v) is 4.35. The van der Waals surface area contributed by atoms with Crippen LogP contribution in [0.15, 0.2) is 70.7 Å². The molecule has 0 aliphatic rings. The molecule has 3 aromatic carbocycles. The summed E-state index contributed by atoms with van der Waals surface area (Å²) in [5.41, 5.74) is 3.87. The van der Waals surface area contributed by atoms with E-state index in [1.54, 1.807) is 18.2 Å². The Kier molecular flexibility index (Phi) is 8.15. The molecule has 10 nitrogen and oxygen atoms in total. The maximum absolute atomic E-state index is 12.7. The molecule has 0 atom stereocenters. The van der Waals surface area contributed by atoms with Crippen LogP contribution in [-0.2, 0) is 10.0 Å². The van der Waals surface area contributed by atoms with E-state index in [2.05, 4.69) is 15.2 Å². The van der Waals surface area contributed by atoms with E-state index in [1.165, 1.54) is 50.6 Å². The molecule has 0 spiro atoms. The van der Waals surface area contributed by atoms with Gasteiger partial charge >= 0.3 is 0 Å². The molecule has 2 N–H and O–H groups in total. The molecule has 12 heteroatoms. The minimum atomic E-state index is -4.08. The van der Waals surface area contributed by atoms with Gasteiger partial charge in [-0.2, -0.15) is 5.10 Å². The van der Waals surface area contributed by atoms with Crippen LogP contribution in [0, 0.1) is 10.1 Å². The molecule has 0 aliphatic carbocycles. The quantitative estimate of drug-likeness (QED) is 0.211. The first-order valence-electron chi connectivity index (χ1n) is 10.3. The second kappa shape index (κ2) is 11.1. The molecule has 35 heavy (non-hydrogen) atoms. The minimum absolute atomic E-state index is 0.0341. The lowest BCUT2D eigenvalue weighted by Gasteiger charge is -2.12. The van der Waals surface area contributed by atoms with Crippen LogP contribution in [0.1, 0.15) is 18.9 Å². The van der Waals surface area contributed by atoms with Crippen molar-refractivity contribution in [2.45, 2.75) is 18.2 Å². The van der Waals surface area contributed by atoms with Gasteiger partial charge in [-0.15, -0.1) is 0 Å². The summed E-state index contributed by atoms with van der Waals surface area (Å²) >= 11 is 5.82. The highest BCUT2D eigenvalue weighted by molar-refractivity contribution is 7.92. The SMILES string of the molecule is CC/C(=N\Nc1ccc(S(=O)(=O)Nc2ccc(Cl)cc2)cc1[N+](=O)[O-])c1ccc(OC)c(OC)c1. The van der Waals surface area contributed by atoms with E-state index in [-0.39, 0.29) is 16.3 Å². The van der Waals surface area contributed by atoms with Crippen LogP contribution in [0.25, 0.3) is 0 Å². The Labute approximate surface area is 207 Å². The van der Waals surface area contributed by atoms with Gasteiger partial charge < -0.3 is 9.47 Å². The molecule has 0 fully saturated rings. The summed E-state index contributed by atoms with van der Waals surface area (Å²) < 4.78 is 38.4. The first-order chi connectivity index (χ1) is 16.7. The number of nitrogens with one attached hydrogen (secondary N) is 2. The highest BCUT2D eigenvalue weighted by atomic mass is 35.5. The maximum Gasteiger partial charge on any atom is 0.295 e. The van der Waals surface area contributed by atoms with Crippen molar-refractivity contribution in [2.75, 3.05) is 24.4 Å². The number of hydrazone groups is 1. The number of halogens is 1. The first-order valence-corrected chi connectivity index (χ1v) is 12.2. The number of hydrogen-bond donors (Lipinski definition) is 2. The Bertz CT molecular complexity index is 1360. The lowest BCUT2D eigenvalue weighted by molar-refractivity contribution is -0.384. The zero-order valence-electron chi connectivity index (χ0n) is 19.1. The normalized spacial score (nSPS) is 11.6. The monoisotopic (exact) mass is 518 g/mol. The molecule has 3 aromatic rings. The maximum atomic E-state index is 12.7. The van der Waals surface area contributed by atoms with Gasteiger partial charge in [0.25, 0.3) is 15.7 Å². The first kappa shape index (κ1) is 25.8. The molecule has 0 unspecified atom stereocenters. The van der Waals surface area contributed by atoms with Crippen molar-refractivity contribution in [1.29, 1.82) is 0 Å². The fourth-order valence-electron chi connectivity index (χ4n) is 3.15. The van der Waals surface area contributed by atoms with Gasteiger partial charge in [-0.25, -0.2) is 8.42 Å². The number of nitro benzene ring substituents is 1. The average molecular weight is 519 g/mol. The van der Waals surface area contributed by atoms with Crippen LogP contribution in [0.5, 0.6) is 11.5 Å². The van der Waals surface area contributed by atoms with Gasteiger partial charge in [-0.05, 0) is 61.0 Å². The van der Waals surface area contributed by atoms with Crippen LogP contribution < -0.4 is 19.6 Å². The third-order valence-corrected chi connectivity index (χ3v) is 6.57.